The van der Waals surface area contributed by atoms with Crippen LogP contribution in [0.1, 0.15) is 64.4 Å². The number of nitrogens with one attached hydrogen (secondary N) is 1. The van der Waals surface area contributed by atoms with Crippen molar-refractivity contribution in [2.75, 3.05) is 19.8 Å². The summed E-state index contributed by atoms with van der Waals surface area (Å²) in [5.41, 5.74) is 2.13. The van der Waals surface area contributed by atoms with E-state index in [1.54, 1.807) is 0 Å². The number of carbonyl (C=O) groups is 2. The lowest BCUT2D eigenvalue weighted by Gasteiger charge is -2.36. The highest BCUT2D eigenvalue weighted by Crippen LogP contribution is 2.37. The van der Waals surface area contributed by atoms with E-state index in [2.05, 4.69) is 5.32 Å². The number of hydrogen-bond acceptors (Lipinski definition) is 4. The molecule has 33 heavy (non-hydrogen) atoms. The van der Waals surface area contributed by atoms with E-state index in [-0.39, 0.29) is 27.8 Å². The molecule has 0 saturated carbocycles. The largest absolute Gasteiger partial charge is 0.478 e. The highest BCUT2D eigenvalue weighted by Gasteiger charge is 2.39. The summed E-state index contributed by atoms with van der Waals surface area (Å²) in [7, 11) is 0. The first-order valence-electron chi connectivity index (χ1n) is 11.4. The first kappa shape index (κ1) is 23.7. The molecule has 9 heteroatoms. The van der Waals surface area contributed by atoms with Crippen LogP contribution in [-0.4, -0.2) is 46.5 Å². The first-order chi connectivity index (χ1) is 15.7. The molecule has 7 nitrogen and oxygen atoms in total. The van der Waals surface area contributed by atoms with Crippen molar-refractivity contribution in [1.29, 1.82) is 0 Å². The number of aryl methyl sites for hydroxylation is 1. The van der Waals surface area contributed by atoms with Crippen molar-refractivity contribution in [1.82, 2.24) is 15.1 Å². The number of fused-ring (bicyclic) bond motifs is 1. The van der Waals surface area contributed by atoms with E-state index in [0.29, 0.717) is 44.7 Å². The maximum absolute atomic E-state index is 14.8. The Labute approximate surface area is 197 Å². The van der Waals surface area contributed by atoms with Crippen LogP contribution < -0.4 is 5.32 Å². The molecule has 0 radical (unpaired) electrons. The molecule has 1 amide bonds. The summed E-state index contributed by atoms with van der Waals surface area (Å²) in [4.78, 5) is 24.3. The van der Waals surface area contributed by atoms with Crippen LogP contribution in [0.3, 0.4) is 0 Å². The Kier molecular flexibility index (Phi) is 6.77. The number of hydrogen-bond donors (Lipinski definition) is 2. The minimum atomic E-state index is -1.35. The summed E-state index contributed by atoms with van der Waals surface area (Å²) in [5.74, 6) is -2.25. The van der Waals surface area contributed by atoms with Gasteiger partial charge in [-0.3, -0.25) is 9.48 Å². The minimum absolute atomic E-state index is 0.0549. The molecule has 0 unspecified atom stereocenters. The summed E-state index contributed by atoms with van der Waals surface area (Å²) in [6, 6.07) is 2.60. The van der Waals surface area contributed by atoms with Crippen LogP contribution in [0.4, 0.5) is 4.39 Å². The Morgan fingerprint density at radius 2 is 2.12 bits per heavy atom. The molecule has 0 bridgehead atoms. The van der Waals surface area contributed by atoms with Gasteiger partial charge >= 0.3 is 5.97 Å². The highest BCUT2D eigenvalue weighted by atomic mass is 35.5. The predicted molar refractivity (Wildman–Crippen MR) is 121 cm³/mol. The zero-order valence-electron chi connectivity index (χ0n) is 18.9. The Balaban J connectivity index is 1.63. The average molecular weight is 478 g/mol. The van der Waals surface area contributed by atoms with Gasteiger partial charge in [0.2, 0.25) is 0 Å². The number of carbonyl (C=O) groups excluding carboxylic acids is 1. The zero-order valence-corrected chi connectivity index (χ0v) is 19.7. The molecule has 1 fully saturated rings. The maximum Gasteiger partial charge on any atom is 0.338 e. The number of halogens is 2. The summed E-state index contributed by atoms with van der Waals surface area (Å²) < 4.78 is 22.2. The summed E-state index contributed by atoms with van der Waals surface area (Å²) in [6.45, 7) is 6.40. The number of ether oxygens (including phenoxy) is 1. The Morgan fingerprint density at radius 1 is 1.39 bits per heavy atom. The molecule has 3 heterocycles. The number of carboxylic acids is 1. The molecule has 1 atom stereocenters. The van der Waals surface area contributed by atoms with Crippen molar-refractivity contribution in [3.63, 3.8) is 0 Å². The molecule has 178 valence electrons. The van der Waals surface area contributed by atoms with Crippen LogP contribution in [0, 0.1) is 17.2 Å². The van der Waals surface area contributed by atoms with E-state index < -0.39 is 17.3 Å². The summed E-state index contributed by atoms with van der Waals surface area (Å²) in [5, 5.41) is 17.3. The van der Waals surface area contributed by atoms with Crippen molar-refractivity contribution >= 4 is 23.5 Å². The second kappa shape index (κ2) is 9.43. The van der Waals surface area contributed by atoms with Crippen LogP contribution >= 0.6 is 11.6 Å². The van der Waals surface area contributed by atoms with E-state index in [0.717, 1.165) is 36.7 Å². The van der Waals surface area contributed by atoms with Gasteiger partial charge in [-0.1, -0.05) is 25.4 Å². The lowest BCUT2D eigenvalue weighted by Crippen LogP contribution is -2.40. The number of amides is 1. The Bertz CT molecular complexity index is 1080. The van der Waals surface area contributed by atoms with Gasteiger partial charge < -0.3 is 15.2 Å². The van der Waals surface area contributed by atoms with Crippen molar-refractivity contribution in [3.05, 3.63) is 51.1 Å². The molecular formula is C24H29ClFN3O4. The van der Waals surface area contributed by atoms with Gasteiger partial charge in [0.25, 0.3) is 5.91 Å². The summed E-state index contributed by atoms with van der Waals surface area (Å²) in [6.07, 6.45) is 3.42. The third-order valence-corrected chi connectivity index (χ3v) is 7.03. The summed E-state index contributed by atoms with van der Waals surface area (Å²) >= 11 is 6.04. The van der Waals surface area contributed by atoms with Gasteiger partial charge in [0.05, 0.1) is 22.5 Å². The lowest BCUT2D eigenvalue weighted by atomic mass is 9.76. The minimum Gasteiger partial charge on any atom is -0.478 e. The number of benzene rings is 1. The van der Waals surface area contributed by atoms with Gasteiger partial charge in [0, 0.05) is 31.3 Å². The predicted octanol–water partition coefficient (Wildman–Crippen LogP) is 3.90. The van der Waals surface area contributed by atoms with Crippen molar-refractivity contribution in [3.8, 4) is 0 Å². The fourth-order valence-corrected chi connectivity index (χ4v) is 5.25. The van der Waals surface area contributed by atoms with Crippen molar-refractivity contribution < 1.29 is 23.8 Å². The molecular weight excluding hydrogens is 449 g/mol. The molecule has 2 aliphatic rings. The molecule has 2 aliphatic heterocycles. The van der Waals surface area contributed by atoms with Crippen molar-refractivity contribution in [2.45, 2.75) is 52.5 Å². The van der Waals surface area contributed by atoms with E-state index >= 15 is 0 Å². The van der Waals surface area contributed by atoms with Gasteiger partial charge in [0.1, 0.15) is 5.82 Å². The van der Waals surface area contributed by atoms with E-state index in [1.165, 1.54) is 6.07 Å². The SMILES string of the molecule is CCc1nn(C[C@H](C)Cc2cc(Cl)cc(C(=O)O)c2F)c2c1C(=O)NCC1(CCOCC1)C2. The Hall–Kier alpha value is -2.45. The third kappa shape index (κ3) is 4.77. The highest BCUT2D eigenvalue weighted by molar-refractivity contribution is 6.31. The number of rotatable bonds is 6. The molecule has 0 aliphatic carbocycles. The van der Waals surface area contributed by atoms with Crippen molar-refractivity contribution in [2.24, 2.45) is 11.3 Å². The van der Waals surface area contributed by atoms with E-state index in [9.17, 15) is 19.1 Å². The first-order valence-corrected chi connectivity index (χ1v) is 11.8. The smallest absolute Gasteiger partial charge is 0.338 e. The molecule has 4 rings (SSSR count). The normalized spacial score (nSPS) is 18.5. The Morgan fingerprint density at radius 3 is 2.79 bits per heavy atom. The molecule has 1 aromatic heterocycles. The lowest BCUT2D eigenvalue weighted by molar-refractivity contribution is 0.0152. The number of aromatic nitrogens is 2. The fourth-order valence-electron chi connectivity index (χ4n) is 5.01. The number of nitrogens with zero attached hydrogens (tertiary/aromatic N) is 2. The number of carboxylic acid groups (broad SMARTS) is 1. The van der Waals surface area contributed by atoms with Crippen LogP contribution in [0.5, 0.6) is 0 Å². The maximum atomic E-state index is 14.8. The molecule has 2 aromatic rings. The van der Waals surface area contributed by atoms with Gasteiger partial charge in [-0.15, -0.1) is 0 Å². The average Bonchev–Trinajstić information content (AvgIpc) is 3.04. The monoisotopic (exact) mass is 477 g/mol. The number of aromatic carboxylic acids is 1. The van der Waals surface area contributed by atoms with E-state index in [1.807, 2.05) is 18.5 Å². The molecule has 2 N–H and O–H groups in total. The standard InChI is InChI=1S/C24H29ClFN3O4/c1-3-18-20-19(11-24(13-27-22(20)30)4-6-33-7-5-24)29(28-18)12-14(2)8-15-9-16(25)10-17(21(15)26)23(31)32/h9-10,14H,3-8,11-13H2,1-2H3,(H,27,30)(H,31,32)/t14-/m1/s1. The quantitative estimate of drug-likeness (QED) is 0.658. The van der Waals surface area contributed by atoms with Crippen LogP contribution in [0.25, 0.3) is 0 Å². The second-order valence-corrected chi connectivity index (χ2v) is 9.75. The molecule has 1 spiro atoms. The topological polar surface area (TPSA) is 93.5 Å². The molecule has 1 saturated heterocycles. The second-order valence-electron chi connectivity index (χ2n) is 9.32. The third-order valence-electron chi connectivity index (χ3n) is 6.81. The van der Waals surface area contributed by atoms with Crippen LogP contribution in [0.15, 0.2) is 12.1 Å². The van der Waals surface area contributed by atoms with E-state index in [4.69, 9.17) is 21.4 Å². The van der Waals surface area contributed by atoms with Crippen LogP contribution in [-0.2, 0) is 30.5 Å². The zero-order chi connectivity index (χ0) is 23.8. The molecule has 1 aromatic carbocycles. The van der Waals surface area contributed by atoms with Crippen LogP contribution in [0.2, 0.25) is 5.02 Å². The van der Waals surface area contributed by atoms with Gasteiger partial charge in [-0.05, 0) is 61.1 Å². The van der Waals surface area contributed by atoms with Gasteiger partial charge in [-0.2, -0.15) is 5.10 Å². The van der Waals surface area contributed by atoms with Gasteiger partial charge in [-0.25, -0.2) is 9.18 Å². The van der Waals surface area contributed by atoms with Gasteiger partial charge in [0.15, 0.2) is 0 Å². The fraction of sp³-hybridized carbons (Fsp3) is 0.542.